The second kappa shape index (κ2) is 10.4. The van der Waals surface area contributed by atoms with Crippen LogP contribution in [0.1, 0.15) is 55.2 Å². The topological polar surface area (TPSA) is 42.0 Å². The van der Waals surface area contributed by atoms with Crippen LogP contribution in [-0.4, -0.2) is 51.2 Å². The molecule has 4 rings (SSSR count). The van der Waals surface area contributed by atoms with Gasteiger partial charge in [0, 0.05) is 12.6 Å². The highest BCUT2D eigenvalue weighted by molar-refractivity contribution is 5.96. The molecule has 1 heterocycles. The van der Waals surface area contributed by atoms with Gasteiger partial charge in [0.15, 0.2) is 0 Å². The minimum Gasteiger partial charge on any atom is -0.497 e. The molecule has 0 N–H and O–H groups in total. The van der Waals surface area contributed by atoms with Crippen LogP contribution >= 0.6 is 0 Å². The Morgan fingerprint density at radius 1 is 1.00 bits per heavy atom. The number of rotatable bonds is 7. The first-order valence-corrected chi connectivity index (χ1v) is 12.0. The Balaban J connectivity index is 1.60. The lowest BCUT2D eigenvalue weighted by Crippen LogP contribution is -2.42. The van der Waals surface area contributed by atoms with E-state index in [1.165, 1.54) is 36.0 Å². The summed E-state index contributed by atoms with van der Waals surface area (Å²) in [5.41, 5.74) is 5.02. The molecule has 5 nitrogen and oxygen atoms in total. The normalized spacial score (nSPS) is 18.7. The quantitative estimate of drug-likeness (QED) is 0.624. The van der Waals surface area contributed by atoms with Gasteiger partial charge in [0.2, 0.25) is 5.91 Å². The van der Waals surface area contributed by atoms with Gasteiger partial charge in [-0.05, 0) is 92.9 Å². The number of hydrogen-bond donors (Lipinski definition) is 0. The van der Waals surface area contributed by atoms with Gasteiger partial charge in [-0.2, -0.15) is 0 Å². The molecule has 2 aliphatic rings. The van der Waals surface area contributed by atoms with Crippen molar-refractivity contribution in [3.8, 4) is 11.5 Å². The molecule has 1 fully saturated rings. The molecule has 5 heteroatoms. The molecule has 1 unspecified atom stereocenters. The molecular weight excluding hydrogens is 400 g/mol. The molecule has 1 amide bonds. The van der Waals surface area contributed by atoms with Crippen molar-refractivity contribution in [3.05, 3.63) is 53.1 Å². The minimum atomic E-state index is 0.185. The maximum Gasteiger partial charge on any atom is 0.241 e. The third kappa shape index (κ3) is 4.93. The van der Waals surface area contributed by atoms with E-state index in [0.717, 1.165) is 49.5 Å². The number of carbonyl (C=O) groups excluding carboxylic acids is 1. The molecular formula is C27H36N2O3. The average Bonchev–Trinajstić information content (AvgIpc) is 2.84. The van der Waals surface area contributed by atoms with E-state index in [1.54, 1.807) is 14.2 Å². The van der Waals surface area contributed by atoms with Crippen molar-refractivity contribution in [1.82, 2.24) is 4.90 Å². The number of hydrogen-bond acceptors (Lipinski definition) is 4. The van der Waals surface area contributed by atoms with E-state index in [2.05, 4.69) is 42.2 Å². The van der Waals surface area contributed by atoms with Crippen LogP contribution in [0.15, 0.2) is 36.4 Å². The Kier molecular flexibility index (Phi) is 7.36. The maximum atomic E-state index is 13.4. The zero-order chi connectivity index (χ0) is 22.5. The molecule has 172 valence electrons. The Morgan fingerprint density at radius 2 is 1.72 bits per heavy atom. The molecule has 32 heavy (non-hydrogen) atoms. The van der Waals surface area contributed by atoms with Crippen LogP contribution in [0.25, 0.3) is 0 Å². The van der Waals surface area contributed by atoms with Gasteiger partial charge in [-0.25, -0.2) is 0 Å². The molecule has 0 saturated carbocycles. The lowest BCUT2D eigenvalue weighted by molar-refractivity contribution is -0.119. The molecule has 1 saturated heterocycles. The van der Waals surface area contributed by atoms with Crippen LogP contribution in [0.5, 0.6) is 11.5 Å². The third-order valence-corrected chi connectivity index (χ3v) is 7.03. The highest BCUT2D eigenvalue weighted by Crippen LogP contribution is 2.40. The summed E-state index contributed by atoms with van der Waals surface area (Å²) in [4.78, 5) is 17.6. The Labute approximate surface area is 192 Å². The van der Waals surface area contributed by atoms with Crippen molar-refractivity contribution in [2.75, 3.05) is 45.3 Å². The van der Waals surface area contributed by atoms with Crippen LogP contribution in [0.4, 0.5) is 5.69 Å². The van der Waals surface area contributed by atoms with E-state index >= 15 is 0 Å². The van der Waals surface area contributed by atoms with Crippen molar-refractivity contribution in [3.63, 3.8) is 0 Å². The molecule has 0 bridgehead atoms. The number of likely N-dealkylation sites (tertiary alicyclic amines) is 1. The van der Waals surface area contributed by atoms with E-state index in [4.69, 9.17) is 9.47 Å². The number of likely N-dealkylation sites (N-methyl/N-ethyl adjacent to an activating group) is 1. The SMILES string of the molecule is CCN(C(=O)CN1CCCCC1)c1cc(OC)ccc1C1CCc2cc(OC)ccc2C1. The van der Waals surface area contributed by atoms with Crippen LogP contribution in [0.2, 0.25) is 0 Å². The van der Waals surface area contributed by atoms with Gasteiger partial charge >= 0.3 is 0 Å². The summed E-state index contributed by atoms with van der Waals surface area (Å²) < 4.78 is 11.0. The summed E-state index contributed by atoms with van der Waals surface area (Å²) in [7, 11) is 3.41. The molecule has 0 aromatic heterocycles. The number of methoxy groups -OCH3 is 2. The Hall–Kier alpha value is -2.53. The molecule has 0 spiro atoms. The summed E-state index contributed by atoms with van der Waals surface area (Å²) in [5, 5.41) is 0. The minimum absolute atomic E-state index is 0.185. The van der Waals surface area contributed by atoms with E-state index in [-0.39, 0.29) is 5.91 Å². The summed E-state index contributed by atoms with van der Waals surface area (Å²) >= 11 is 0. The fraction of sp³-hybridized carbons (Fsp3) is 0.519. The van der Waals surface area contributed by atoms with Crippen molar-refractivity contribution in [2.45, 2.75) is 51.4 Å². The number of piperidine rings is 1. The van der Waals surface area contributed by atoms with Crippen molar-refractivity contribution < 1.29 is 14.3 Å². The summed E-state index contributed by atoms with van der Waals surface area (Å²) in [6, 6.07) is 12.7. The van der Waals surface area contributed by atoms with Crippen LogP contribution in [-0.2, 0) is 17.6 Å². The highest BCUT2D eigenvalue weighted by Gasteiger charge is 2.27. The third-order valence-electron chi connectivity index (χ3n) is 7.03. The molecule has 1 aliphatic heterocycles. The Morgan fingerprint density at radius 3 is 2.44 bits per heavy atom. The van der Waals surface area contributed by atoms with E-state index in [9.17, 15) is 4.79 Å². The van der Waals surface area contributed by atoms with Crippen LogP contribution < -0.4 is 14.4 Å². The number of nitrogens with zero attached hydrogens (tertiary/aromatic N) is 2. The standard InChI is InChI=1S/C27H36N2O3/c1-4-29(27(30)19-28-14-6-5-7-15-28)26-18-24(32-3)12-13-25(26)22-9-8-21-17-23(31-2)11-10-20(21)16-22/h10-13,17-18,22H,4-9,14-16,19H2,1-3H3. The van der Waals surface area contributed by atoms with Crippen LogP contribution in [0, 0.1) is 0 Å². The number of ether oxygens (including phenoxy) is 2. The molecule has 0 radical (unpaired) electrons. The summed E-state index contributed by atoms with van der Waals surface area (Å²) in [5.74, 6) is 2.29. The first-order valence-electron chi connectivity index (χ1n) is 12.0. The van der Waals surface area contributed by atoms with E-state index in [1.807, 2.05) is 11.0 Å². The number of anilines is 1. The summed E-state index contributed by atoms with van der Waals surface area (Å²) in [6.45, 7) is 5.28. The fourth-order valence-corrected chi connectivity index (χ4v) is 5.23. The lowest BCUT2D eigenvalue weighted by Gasteiger charge is -2.33. The van der Waals surface area contributed by atoms with Crippen molar-refractivity contribution >= 4 is 11.6 Å². The van der Waals surface area contributed by atoms with Crippen molar-refractivity contribution in [1.29, 1.82) is 0 Å². The number of carbonyl (C=O) groups is 1. The Bertz CT molecular complexity index is 936. The predicted octanol–water partition coefficient (Wildman–Crippen LogP) is 4.82. The lowest BCUT2D eigenvalue weighted by atomic mass is 9.79. The number of fused-ring (bicyclic) bond motifs is 1. The van der Waals surface area contributed by atoms with Gasteiger partial charge in [-0.3, -0.25) is 9.69 Å². The molecule has 1 atom stereocenters. The van der Waals surface area contributed by atoms with Gasteiger partial charge in [-0.15, -0.1) is 0 Å². The first-order chi connectivity index (χ1) is 15.6. The van der Waals surface area contributed by atoms with E-state index < -0.39 is 0 Å². The molecule has 1 aliphatic carbocycles. The molecule has 2 aromatic carbocycles. The van der Waals surface area contributed by atoms with E-state index in [0.29, 0.717) is 19.0 Å². The maximum absolute atomic E-state index is 13.4. The van der Waals surface area contributed by atoms with Gasteiger partial charge in [0.05, 0.1) is 26.5 Å². The zero-order valence-corrected chi connectivity index (χ0v) is 19.7. The van der Waals surface area contributed by atoms with Gasteiger partial charge in [0.25, 0.3) is 0 Å². The second-order valence-electron chi connectivity index (χ2n) is 8.97. The van der Waals surface area contributed by atoms with Gasteiger partial charge in [0.1, 0.15) is 11.5 Å². The summed E-state index contributed by atoms with van der Waals surface area (Å²) in [6.07, 6.45) is 6.73. The van der Waals surface area contributed by atoms with Gasteiger partial charge < -0.3 is 14.4 Å². The van der Waals surface area contributed by atoms with Crippen LogP contribution in [0.3, 0.4) is 0 Å². The average molecular weight is 437 g/mol. The smallest absolute Gasteiger partial charge is 0.241 e. The largest absolute Gasteiger partial charge is 0.497 e. The molecule has 2 aromatic rings. The predicted molar refractivity (Wildman–Crippen MR) is 129 cm³/mol. The monoisotopic (exact) mass is 436 g/mol. The van der Waals surface area contributed by atoms with Gasteiger partial charge in [-0.1, -0.05) is 18.6 Å². The number of amides is 1. The zero-order valence-electron chi connectivity index (χ0n) is 19.7. The first kappa shape index (κ1) is 22.7. The van der Waals surface area contributed by atoms with Crippen molar-refractivity contribution in [2.24, 2.45) is 0 Å². The second-order valence-corrected chi connectivity index (χ2v) is 8.97. The fourth-order valence-electron chi connectivity index (χ4n) is 5.23. The number of aryl methyl sites for hydroxylation is 1. The highest BCUT2D eigenvalue weighted by atomic mass is 16.5. The number of benzene rings is 2.